The first-order chi connectivity index (χ1) is 8.63. The normalized spacial score (nSPS) is 9.89. The summed E-state index contributed by atoms with van der Waals surface area (Å²) in [5.41, 5.74) is 1.07. The summed E-state index contributed by atoms with van der Waals surface area (Å²) in [7, 11) is 3.40. The summed E-state index contributed by atoms with van der Waals surface area (Å²) in [6, 6.07) is 9.04. The van der Waals surface area contributed by atoms with Crippen LogP contribution in [0.25, 0.3) is 11.4 Å². The Morgan fingerprint density at radius 1 is 1.28 bits per heavy atom. The maximum absolute atomic E-state index is 13.5. The van der Waals surface area contributed by atoms with Gasteiger partial charge in [0.25, 0.3) is 0 Å². The molecule has 0 N–H and O–H groups in total. The second-order valence-electron chi connectivity index (χ2n) is 3.92. The van der Waals surface area contributed by atoms with Gasteiger partial charge in [-0.05, 0) is 12.1 Å². The van der Waals surface area contributed by atoms with Crippen molar-refractivity contribution in [2.45, 2.75) is 0 Å². The molecule has 0 saturated carbocycles. The van der Waals surface area contributed by atoms with Crippen LogP contribution in [0.2, 0.25) is 0 Å². The van der Waals surface area contributed by atoms with Crippen LogP contribution >= 0.6 is 0 Å². The SMILES string of the molecule is CN(C)c1nc(-c2ccccc2C#N)ncc1F. The summed E-state index contributed by atoms with van der Waals surface area (Å²) < 4.78 is 13.5. The molecule has 0 fully saturated rings. The Bertz CT molecular complexity index is 617. The lowest BCUT2D eigenvalue weighted by Crippen LogP contribution is -2.13. The van der Waals surface area contributed by atoms with Crippen LogP contribution in [0.3, 0.4) is 0 Å². The van der Waals surface area contributed by atoms with Crippen molar-refractivity contribution in [3.63, 3.8) is 0 Å². The summed E-state index contributed by atoms with van der Waals surface area (Å²) in [4.78, 5) is 9.64. The predicted octanol–water partition coefficient (Wildman–Crippen LogP) is 2.22. The molecule has 0 bridgehead atoms. The average Bonchev–Trinajstić information content (AvgIpc) is 2.39. The lowest BCUT2D eigenvalue weighted by atomic mass is 10.1. The van der Waals surface area contributed by atoms with Crippen molar-refractivity contribution in [1.29, 1.82) is 5.26 Å². The zero-order valence-corrected chi connectivity index (χ0v) is 10.1. The van der Waals surface area contributed by atoms with E-state index in [1.54, 1.807) is 43.3 Å². The third-order valence-corrected chi connectivity index (χ3v) is 2.44. The molecule has 0 aliphatic carbocycles. The first-order valence-electron chi connectivity index (χ1n) is 5.33. The van der Waals surface area contributed by atoms with Gasteiger partial charge in [0, 0.05) is 19.7 Å². The number of anilines is 1. The Balaban J connectivity index is 2.59. The van der Waals surface area contributed by atoms with Crippen molar-refractivity contribution in [1.82, 2.24) is 9.97 Å². The molecule has 0 aliphatic heterocycles. The van der Waals surface area contributed by atoms with Crippen LogP contribution in [0.1, 0.15) is 5.56 Å². The highest BCUT2D eigenvalue weighted by molar-refractivity contribution is 5.65. The fourth-order valence-corrected chi connectivity index (χ4v) is 1.58. The summed E-state index contributed by atoms with van der Waals surface area (Å²) >= 11 is 0. The standard InChI is InChI=1S/C13H11FN4/c1-18(2)13-11(14)8-16-12(17-13)10-6-4-3-5-9(10)7-15/h3-6,8H,1-2H3. The molecule has 0 spiro atoms. The predicted molar refractivity (Wildman–Crippen MR) is 66.5 cm³/mol. The molecular weight excluding hydrogens is 231 g/mol. The van der Waals surface area contributed by atoms with Gasteiger partial charge in [-0.1, -0.05) is 12.1 Å². The van der Waals surface area contributed by atoms with E-state index in [-0.39, 0.29) is 5.82 Å². The molecule has 18 heavy (non-hydrogen) atoms. The van der Waals surface area contributed by atoms with Crippen molar-refractivity contribution in [3.8, 4) is 17.5 Å². The summed E-state index contributed by atoms with van der Waals surface area (Å²) in [6.07, 6.45) is 1.12. The van der Waals surface area contributed by atoms with E-state index >= 15 is 0 Å². The van der Waals surface area contributed by atoms with Gasteiger partial charge in [-0.3, -0.25) is 0 Å². The third kappa shape index (κ3) is 2.13. The van der Waals surface area contributed by atoms with Crippen molar-refractivity contribution in [2.75, 3.05) is 19.0 Å². The van der Waals surface area contributed by atoms with Crippen molar-refractivity contribution >= 4 is 5.82 Å². The Hall–Kier alpha value is -2.48. The number of nitrogens with zero attached hydrogens (tertiary/aromatic N) is 4. The number of hydrogen-bond acceptors (Lipinski definition) is 4. The van der Waals surface area contributed by atoms with E-state index in [9.17, 15) is 4.39 Å². The smallest absolute Gasteiger partial charge is 0.183 e. The molecule has 4 nitrogen and oxygen atoms in total. The number of benzene rings is 1. The molecule has 1 aromatic carbocycles. The van der Waals surface area contributed by atoms with Crippen molar-refractivity contribution < 1.29 is 4.39 Å². The lowest BCUT2D eigenvalue weighted by Gasteiger charge is -2.13. The van der Waals surface area contributed by atoms with Gasteiger partial charge in [0.15, 0.2) is 17.5 Å². The number of aromatic nitrogens is 2. The fourth-order valence-electron chi connectivity index (χ4n) is 1.58. The van der Waals surface area contributed by atoms with Gasteiger partial charge in [-0.15, -0.1) is 0 Å². The molecule has 0 atom stereocenters. The highest BCUT2D eigenvalue weighted by Crippen LogP contribution is 2.22. The Kier molecular flexibility index (Phi) is 3.20. The number of hydrogen-bond donors (Lipinski definition) is 0. The zero-order chi connectivity index (χ0) is 13.1. The second-order valence-corrected chi connectivity index (χ2v) is 3.92. The third-order valence-electron chi connectivity index (χ3n) is 2.44. The van der Waals surface area contributed by atoms with Gasteiger partial charge in [0.2, 0.25) is 0 Å². The van der Waals surface area contributed by atoms with Crippen LogP contribution in [-0.2, 0) is 0 Å². The van der Waals surface area contributed by atoms with E-state index in [1.165, 1.54) is 0 Å². The molecule has 0 amide bonds. The van der Waals surface area contributed by atoms with E-state index in [1.807, 2.05) is 0 Å². The van der Waals surface area contributed by atoms with Crippen LogP contribution in [0, 0.1) is 17.1 Å². The summed E-state index contributed by atoms with van der Waals surface area (Å²) in [5.74, 6) is 0.0585. The Labute approximate surface area is 104 Å². The lowest BCUT2D eigenvalue weighted by molar-refractivity contribution is 0.612. The van der Waals surface area contributed by atoms with Gasteiger partial charge in [0.05, 0.1) is 17.8 Å². The van der Waals surface area contributed by atoms with E-state index in [0.29, 0.717) is 17.0 Å². The molecule has 0 radical (unpaired) electrons. The van der Waals surface area contributed by atoms with Gasteiger partial charge >= 0.3 is 0 Å². The molecule has 0 aliphatic rings. The average molecular weight is 242 g/mol. The Morgan fingerprint density at radius 2 is 2.00 bits per heavy atom. The highest BCUT2D eigenvalue weighted by Gasteiger charge is 2.12. The molecule has 2 aromatic rings. The minimum atomic E-state index is -0.488. The van der Waals surface area contributed by atoms with Crippen molar-refractivity contribution in [2.24, 2.45) is 0 Å². The number of nitriles is 1. The van der Waals surface area contributed by atoms with Crippen LogP contribution in [0.5, 0.6) is 0 Å². The van der Waals surface area contributed by atoms with E-state index in [2.05, 4.69) is 16.0 Å². The molecule has 5 heteroatoms. The molecule has 0 unspecified atom stereocenters. The second kappa shape index (κ2) is 4.80. The monoisotopic (exact) mass is 242 g/mol. The van der Waals surface area contributed by atoms with Gasteiger partial charge in [-0.2, -0.15) is 5.26 Å². The van der Waals surface area contributed by atoms with E-state index in [4.69, 9.17) is 5.26 Å². The van der Waals surface area contributed by atoms with Gasteiger partial charge < -0.3 is 4.90 Å². The van der Waals surface area contributed by atoms with Crippen LogP contribution in [0.4, 0.5) is 10.2 Å². The molecule has 0 saturated heterocycles. The molecular formula is C13H11FN4. The summed E-state index contributed by atoms with van der Waals surface area (Å²) in [6.45, 7) is 0. The van der Waals surface area contributed by atoms with E-state index < -0.39 is 5.82 Å². The van der Waals surface area contributed by atoms with Gasteiger partial charge in [-0.25, -0.2) is 14.4 Å². The quantitative estimate of drug-likeness (QED) is 0.810. The number of rotatable bonds is 2. The topological polar surface area (TPSA) is 52.8 Å². The van der Waals surface area contributed by atoms with Crippen molar-refractivity contribution in [3.05, 3.63) is 41.8 Å². The maximum atomic E-state index is 13.5. The first kappa shape index (κ1) is 12.0. The fraction of sp³-hybridized carbons (Fsp3) is 0.154. The Morgan fingerprint density at radius 3 is 2.67 bits per heavy atom. The maximum Gasteiger partial charge on any atom is 0.183 e. The van der Waals surface area contributed by atoms with Crippen LogP contribution < -0.4 is 4.90 Å². The molecule has 1 aromatic heterocycles. The number of halogens is 1. The highest BCUT2D eigenvalue weighted by atomic mass is 19.1. The van der Waals surface area contributed by atoms with Crippen LogP contribution in [-0.4, -0.2) is 24.1 Å². The molecule has 90 valence electrons. The molecule has 1 heterocycles. The molecule has 2 rings (SSSR count). The first-order valence-corrected chi connectivity index (χ1v) is 5.33. The van der Waals surface area contributed by atoms with Gasteiger partial charge in [0.1, 0.15) is 0 Å². The minimum Gasteiger partial charge on any atom is -0.360 e. The minimum absolute atomic E-state index is 0.202. The van der Waals surface area contributed by atoms with Crippen LogP contribution in [0.15, 0.2) is 30.5 Å². The van der Waals surface area contributed by atoms with E-state index in [0.717, 1.165) is 6.20 Å². The zero-order valence-electron chi connectivity index (χ0n) is 10.1. The largest absolute Gasteiger partial charge is 0.360 e. The summed E-state index contributed by atoms with van der Waals surface area (Å²) in [5, 5.41) is 9.02.